The van der Waals surface area contributed by atoms with Gasteiger partial charge in [-0.1, -0.05) is 13.3 Å². The number of ether oxygens (including phenoxy) is 1. The van der Waals surface area contributed by atoms with Gasteiger partial charge in [-0.3, -0.25) is 4.79 Å². The lowest BCUT2D eigenvalue weighted by molar-refractivity contribution is -0.136. The van der Waals surface area contributed by atoms with E-state index < -0.39 is 0 Å². The van der Waals surface area contributed by atoms with Crippen LogP contribution < -0.4 is 5.32 Å². The van der Waals surface area contributed by atoms with Gasteiger partial charge in [-0.05, 0) is 20.3 Å². The molecule has 1 rings (SSSR count). The minimum Gasteiger partial charge on any atom is -0.466 e. The smallest absolute Gasteiger partial charge is 0.335 e. The molecule has 0 aliphatic carbocycles. The Kier molecular flexibility index (Phi) is 5.13. The van der Waals surface area contributed by atoms with Crippen LogP contribution in [-0.2, 0) is 14.3 Å². The molecule has 0 aromatic carbocycles. The molecule has 0 amide bonds. The van der Waals surface area contributed by atoms with Gasteiger partial charge >= 0.3 is 5.97 Å². The molecular weight excluding hydrogens is 230 g/mol. The van der Waals surface area contributed by atoms with Gasteiger partial charge in [0.25, 0.3) is 0 Å². The second-order valence-corrected chi connectivity index (χ2v) is 4.53. The monoisotopic (exact) mass is 253 g/mol. The fourth-order valence-electron chi connectivity index (χ4n) is 2.02. The normalized spacial score (nSPS) is 15.6. The highest BCUT2D eigenvalue weighted by molar-refractivity contribution is 6.00. The van der Waals surface area contributed by atoms with E-state index in [0.717, 1.165) is 24.2 Å². The van der Waals surface area contributed by atoms with Crippen molar-refractivity contribution in [3.8, 4) is 0 Å². The molecule has 0 spiro atoms. The lowest BCUT2D eigenvalue weighted by atomic mass is 9.93. The summed E-state index contributed by atoms with van der Waals surface area (Å²) in [4.78, 5) is 23.7. The standard InChI is InChI=1S/C14H21NO3.H2/c1-5-6-7-13(16)11-8-12(14(17)18-4)10(3)15-9(11)2;/h15H,5-8H2,1-4H3;1H. The lowest BCUT2D eigenvalue weighted by Gasteiger charge is -2.22. The topological polar surface area (TPSA) is 55.4 Å². The Morgan fingerprint density at radius 3 is 2.44 bits per heavy atom. The van der Waals surface area contributed by atoms with Crippen LogP contribution >= 0.6 is 0 Å². The van der Waals surface area contributed by atoms with E-state index in [1.807, 2.05) is 13.8 Å². The first-order valence-electron chi connectivity index (χ1n) is 6.29. The van der Waals surface area contributed by atoms with Crippen molar-refractivity contribution in [2.45, 2.75) is 46.5 Å². The molecule has 0 atom stereocenters. The van der Waals surface area contributed by atoms with Gasteiger partial charge in [0.15, 0.2) is 5.78 Å². The number of Topliss-reactive ketones (excluding diaryl/α,β-unsaturated/α-hetero) is 1. The maximum absolute atomic E-state index is 12.1. The third kappa shape index (κ3) is 3.22. The molecule has 0 aromatic heterocycles. The van der Waals surface area contributed by atoms with E-state index >= 15 is 0 Å². The second kappa shape index (κ2) is 6.38. The van der Waals surface area contributed by atoms with Gasteiger partial charge in [-0.15, -0.1) is 0 Å². The van der Waals surface area contributed by atoms with Crippen LogP contribution in [0.15, 0.2) is 22.5 Å². The highest BCUT2D eigenvalue weighted by Gasteiger charge is 2.24. The third-order valence-corrected chi connectivity index (χ3v) is 3.16. The Balaban J connectivity index is 0.00000324. The predicted octanol–water partition coefficient (Wildman–Crippen LogP) is 2.71. The summed E-state index contributed by atoms with van der Waals surface area (Å²) in [7, 11) is 1.35. The fourth-order valence-corrected chi connectivity index (χ4v) is 2.02. The summed E-state index contributed by atoms with van der Waals surface area (Å²) in [5.74, 6) is -0.246. The number of hydrogen-bond acceptors (Lipinski definition) is 4. The van der Waals surface area contributed by atoms with E-state index in [0.29, 0.717) is 24.0 Å². The van der Waals surface area contributed by atoms with E-state index in [9.17, 15) is 9.59 Å². The molecule has 0 unspecified atom stereocenters. The van der Waals surface area contributed by atoms with Crippen molar-refractivity contribution in [3.05, 3.63) is 22.5 Å². The van der Waals surface area contributed by atoms with Crippen LogP contribution in [0.4, 0.5) is 0 Å². The van der Waals surface area contributed by atoms with Crippen molar-refractivity contribution in [3.63, 3.8) is 0 Å². The number of nitrogens with one attached hydrogen (secondary N) is 1. The molecule has 1 aliphatic heterocycles. The van der Waals surface area contributed by atoms with Crippen LogP contribution in [-0.4, -0.2) is 18.9 Å². The summed E-state index contributed by atoms with van der Waals surface area (Å²) in [5.41, 5.74) is 2.87. The Morgan fingerprint density at radius 2 is 1.89 bits per heavy atom. The van der Waals surface area contributed by atoms with E-state index in [1.165, 1.54) is 7.11 Å². The van der Waals surface area contributed by atoms with Crippen molar-refractivity contribution in [2.75, 3.05) is 7.11 Å². The molecule has 1 aliphatic rings. The average molecular weight is 253 g/mol. The molecule has 0 bridgehead atoms. The number of carbonyl (C=O) groups excluding carboxylic acids is 2. The van der Waals surface area contributed by atoms with E-state index in [2.05, 4.69) is 12.2 Å². The summed E-state index contributed by atoms with van der Waals surface area (Å²) >= 11 is 0. The van der Waals surface area contributed by atoms with Crippen LogP contribution in [0, 0.1) is 0 Å². The number of rotatable bonds is 5. The van der Waals surface area contributed by atoms with Crippen LogP contribution in [0.2, 0.25) is 0 Å². The van der Waals surface area contributed by atoms with Crippen molar-refractivity contribution in [2.24, 2.45) is 0 Å². The number of allylic oxidation sites excluding steroid dienone is 3. The summed E-state index contributed by atoms with van der Waals surface area (Å²) in [6.07, 6.45) is 2.79. The summed E-state index contributed by atoms with van der Waals surface area (Å²) in [6.45, 7) is 5.75. The molecule has 0 saturated carbocycles. The van der Waals surface area contributed by atoms with Gasteiger partial charge in [0.1, 0.15) is 0 Å². The van der Waals surface area contributed by atoms with Crippen molar-refractivity contribution in [1.29, 1.82) is 0 Å². The lowest BCUT2D eigenvalue weighted by Crippen LogP contribution is -2.25. The third-order valence-electron chi connectivity index (χ3n) is 3.16. The number of ketones is 1. The zero-order chi connectivity index (χ0) is 13.7. The van der Waals surface area contributed by atoms with Crippen LogP contribution in [0.25, 0.3) is 0 Å². The molecule has 102 valence electrons. The Bertz CT molecular complexity index is 424. The van der Waals surface area contributed by atoms with E-state index in [1.54, 1.807) is 0 Å². The molecule has 0 saturated heterocycles. The predicted molar refractivity (Wildman–Crippen MR) is 71.8 cm³/mol. The molecular formula is C14H23NO3. The fraction of sp³-hybridized carbons (Fsp3) is 0.571. The second-order valence-electron chi connectivity index (χ2n) is 4.53. The highest BCUT2D eigenvalue weighted by atomic mass is 16.5. The minimum atomic E-state index is -0.367. The largest absolute Gasteiger partial charge is 0.466 e. The summed E-state index contributed by atoms with van der Waals surface area (Å²) in [6, 6.07) is 0. The number of carbonyl (C=O) groups is 2. The molecule has 0 aromatic rings. The quantitative estimate of drug-likeness (QED) is 0.765. The molecule has 1 N–H and O–H groups in total. The van der Waals surface area contributed by atoms with Gasteiger partial charge in [0.2, 0.25) is 0 Å². The Labute approximate surface area is 110 Å². The minimum absolute atomic E-state index is 0. The molecule has 0 radical (unpaired) electrons. The molecule has 18 heavy (non-hydrogen) atoms. The first-order chi connectivity index (χ1) is 8.51. The number of hydrogen-bond donors (Lipinski definition) is 1. The van der Waals surface area contributed by atoms with Gasteiger partial charge in [0.05, 0.1) is 12.7 Å². The maximum Gasteiger partial charge on any atom is 0.335 e. The zero-order valence-electron chi connectivity index (χ0n) is 11.6. The highest BCUT2D eigenvalue weighted by Crippen LogP contribution is 2.25. The van der Waals surface area contributed by atoms with E-state index in [-0.39, 0.29) is 13.2 Å². The van der Waals surface area contributed by atoms with Crippen LogP contribution in [0.1, 0.15) is 47.9 Å². The Morgan fingerprint density at radius 1 is 1.28 bits per heavy atom. The average Bonchev–Trinajstić information content (AvgIpc) is 2.35. The first-order valence-corrected chi connectivity index (χ1v) is 6.29. The van der Waals surface area contributed by atoms with Gasteiger partial charge in [-0.2, -0.15) is 0 Å². The van der Waals surface area contributed by atoms with Crippen molar-refractivity contribution >= 4 is 11.8 Å². The molecule has 1 heterocycles. The zero-order valence-corrected chi connectivity index (χ0v) is 11.6. The summed E-state index contributed by atoms with van der Waals surface area (Å²) in [5, 5.41) is 3.09. The van der Waals surface area contributed by atoms with Crippen LogP contribution in [0.5, 0.6) is 0 Å². The van der Waals surface area contributed by atoms with Crippen LogP contribution in [0.3, 0.4) is 0 Å². The maximum atomic E-state index is 12.1. The molecule has 0 fully saturated rings. The Hall–Kier alpha value is -1.58. The van der Waals surface area contributed by atoms with E-state index in [4.69, 9.17) is 4.74 Å². The SMILES string of the molecule is CCCCC(=O)C1=C(C)NC(C)=C(C(=O)OC)C1.[HH]. The number of methoxy groups -OCH3 is 1. The number of esters is 1. The molecule has 4 heteroatoms. The summed E-state index contributed by atoms with van der Waals surface area (Å²) < 4.78 is 4.73. The van der Waals surface area contributed by atoms with Gasteiger partial charge < -0.3 is 10.1 Å². The van der Waals surface area contributed by atoms with Crippen molar-refractivity contribution in [1.82, 2.24) is 5.32 Å². The van der Waals surface area contributed by atoms with Gasteiger partial charge in [0, 0.05) is 31.2 Å². The number of dihydropyridines is 1. The van der Waals surface area contributed by atoms with Gasteiger partial charge in [-0.25, -0.2) is 4.79 Å². The first kappa shape index (κ1) is 14.5. The molecule has 4 nitrogen and oxygen atoms in total. The number of unbranched alkanes of at least 4 members (excludes halogenated alkanes) is 1. The van der Waals surface area contributed by atoms with Crippen molar-refractivity contribution < 1.29 is 15.8 Å².